The SMILES string of the molecule is COc1ccc(COC(=O)C2=C([C@@H]3CCC(C)(C)O3)CS[C@@H]3[C@H](N)C(=O)N23)cc1. The highest BCUT2D eigenvalue weighted by Gasteiger charge is 2.53. The lowest BCUT2D eigenvalue weighted by Gasteiger charge is -2.48. The molecule has 2 N–H and O–H groups in total. The normalized spacial score (nSPS) is 28.1. The van der Waals surface area contributed by atoms with Gasteiger partial charge in [0.1, 0.15) is 29.5 Å². The summed E-state index contributed by atoms with van der Waals surface area (Å²) in [4.78, 5) is 27.0. The van der Waals surface area contributed by atoms with Crippen LogP contribution in [-0.4, -0.2) is 52.8 Å². The van der Waals surface area contributed by atoms with Crippen molar-refractivity contribution < 1.29 is 23.8 Å². The Hall–Kier alpha value is -2.03. The molecule has 1 aromatic carbocycles. The summed E-state index contributed by atoms with van der Waals surface area (Å²) in [6.45, 7) is 4.19. The number of β-lactam (4-membered cyclic amide) rings is 1. The van der Waals surface area contributed by atoms with E-state index in [1.54, 1.807) is 18.9 Å². The first-order chi connectivity index (χ1) is 13.8. The van der Waals surface area contributed by atoms with Crippen LogP contribution in [0.15, 0.2) is 35.5 Å². The molecule has 7 nitrogen and oxygen atoms in total. The lowest BCUT2D eigenvalue weighted by molar-refractivity contribution is -0.151. The predicted octanol–water partition coefficient (Wildman–Crippen LogP) is 2.19. The van der Waals surface area contributed by atoms with Crippen molar-refractivity contribution in [1.29, 1.82) is 0 Å². The smallest absolute Gasteiger partial charge is 0.355 e. The van der Waals surface area contributed by atoms with Crippen molar-refractivity contribution in [3.05, 3.63) is 41.1 Å². The highest BCUT2D eigenvalue weighted by atomic mass is 32.2. The van der Waals surface area contributed by atoms with Gasteiger partial charge in [-0.05, 0) is 50.0 Å². The van der Waals surface area contributed by atoms with Gasteiger partial charge in [0.2, 0.25) is 5.91 Å². The standard InChI is InChI=1S/C21H26N2O5S/c1-21(2)9-8-15(28-21)14-11-29-19-16(22)18(24)23(19)17(14)20(25)27-10-12-4-6-13(26-3)7-5-12/h4-7,15-16,19H,8-11,22H2,1-3H3/t15-,16+,19+/m0/s1. The number of carbonyl (C=O) groups excluding carboxylic acids is 2. The number of esters is 1. The Labute approximate surface area is 174 Å². The van der Waals surface area contributed by atoms with Gasteiger partial charge in [-0.25, -0.2) is 4.79 Å². The van der Waals surface area contributed by atoms with Gasteiger partial charge >= 0.3 is 5.97 Å². The van der Waals surface area contributed by atoms with Crippen LogP contribution in [-0.2, 0) is 25.7 Å². The number of rotatable bonds is 5. The molecule has 0 saturated carbocycles. The van der Waals surface area contributed by atoms with Gasteiger partial charge in [0.05, 0.1) is 18.8 Å². The monoisotopic (exact) mass is 418 g/mol. The number of thioether (sulfide) groups is 1. The lowest BCUT2D eigenvalue weighted by atomic mass is 9.98. The Kier molecular flexibility index (Phi) is 5.35. The van der Waals surface area contributed by atoms with Crippen LogP contribution in [0, 0.1) is 0 Å². The van der Waals surface area contributed by atoms with E-state index < -0.39 is 12.0 Å². The molecular weight excluding hydrogens is 392 g/mol. The third-order valence-electron chi connectivity index (χ3n) is 5.62. The first-order valence-corrected chi connectivity index (χ1v) is 10.8. The Balaban J connectivity index is 1.56. The van der Waals surface area contributed by atoms with Crippen molar-refractivity contribution in [3.8, 4) is 5.75 Å². The number of carbonyl (C=O) groups is 2. The Morgan fingerprint density at radius 2 is 2.07 bits per heavy atom. The van der Waals surface area contributed by atoms with Gasteiger partial charge in [0.15, 0.2) is 0 Å². The maximum atomic E-state index is 13.1. The van der Waals surface area contributed by atoms with Gasteiger partial charge in [0.25, 0.3) is 0 Å². The molecule has 3 aliphatic rings. The molecule has 3 atom stereocenters. The van der Waals surface area contributed by atoms with Gasteiger partial charge in [-0.1, -0.05) is 12.1 Å². The Bertz CT molecular complexity index is 851. The number of amides is 1. The number of hydrogen-bond donors (Lipinski definition) is 1. The fourth-order valence-corrected chi connectivity index (χ4v) is 5.30. The second kappa shape index (κ2) is 7.66. The van der Waals surface area contributed by atoms with E-state index in [4.69, 9.17) is 19.9 Å². The lowest BCUT2D eigenvalue weighted by Crippen LogP contribution is -2.68. The highest BCUT2D eigenvalue weighted by Crippen LogP contribution is 2.44. The molecule has 4 rings (SSSR count). The Morgan fingerprint density at radius 1 is 1.34 bits per heavy atom. The van der Waals surface area contributed by atoms with E-state index >= 15 is 0 Å². The molecule has 0 radical (unpaired) electrons. The van der Waals surface area contributed by atoms with Gasteiger partial charge in [-0.2, -0.15) is 0 Å². The molecular formula is C21H26N2O5S. The first-order valence-electron chi connectivity index (χ1n) is 9.72. The van der Waals surface area contributed by atoms with E-state index in [2.05, 4.69) is 0 Å². The van der Waals surface area contributed by atoms with Crippen LogP contribution in [0.1, 0.15) is 32.3 Å². The minimum absolute atomic E-state index is 0.114. The highest BCUT2D eigenvalue weighted by molar-refractivity contribution is 8.00. The van der Waals surface area contributed by atoms with Crippen molar-refractivity contribution in [3.63, 3.8) is 0 Å². The van der Waals surface area contributed by atoms with Crippen molar-refractivity contribution in [2.45, 2.75) is 56.4 Å². The van der Waals surface area contributed by atoms with E-state index in [0.29, 0.717) is 11.4 Å². The van der Waals surface area contributed by atoms with E-state index in [0.717, 1.165) is 29.7 Å². The van der Waals surface area contributed by atoms with Crippen LogP contribution in [0.4, 0.5) is 0 Å². The van der Waals surface area contributed by atoms with Crippen LogP contribution in [0.5, 0.6) is 5.75 Å². The van der Waals surface area contributed by atoms with Crippen molar-refractivity contribution in [1.82, 2.24) is 4.90 Å². The van der Waals surface area contributed by atoms with E-state index in [1.165, 1.54) is 4.90 Å². The molecule has 1 aromatic rings. The first kappa shape index (κ1) is 20.3. The molecule has 8 heteroatoms. The third-order valence-corrected chi connectivity index (χ3v) is 6.94. The van der Waals surface area contributed by atoms with Crippen molar-refractivity contribution >= 4 is 23.6 Å². The van der Waals surface area contributed by atoms with Gasteiger partial charge in [-0.15, -0.1) is 11.8 Å². The number of ether oxygens (including phenoxy) is 3. The maximum absolute atomic E-state index is 13.1. The summed E-state index contributed by atoms with van der Waals surface area (Å²) in [5.41, 5.74) is 7.69. The van der Waals surface area contributed by atoms with Crippen molar-refractivity contribution in [2.75, 3.05) is 12.9 Å². The molecule has 0 unspecified atom stereocenters. The molecule has 0 bridgehead atoms. The molecule has 0 aliphatic carbocycles. The number of nitrogens with two attached hydrogens (primary N) is 1. The summed E-state index contributed by atoms with van der Waals surface area (Å²) in [6.07, 6.45) is 1.53. The van der Waals surface area contributed by atoms with Crippen LogP contribution in [0.2, 0.25) is 0 Å². The Morgan fingerprint density at radius 3 is 2.69 bits per heavy atom. The summed E-state index contributed by atoms with van der Waals surface area (Å²) >= 11 is 1.58. The van der Waals surface area contributed by atoms with Gasteiger partial charge in [0, 0.05) is 5.75 Å². The molecule has 29 heavy (non-hydrogen) atoms. The topological polar surface area (TPSA) is 91.1 Å². The number of methoxy groups -OCH3 is 1. The predicted molar refractivity (Wildman–Crippen MR) is 109 cm³/mol. The maximum Gasteiger partial charge on any atom is 0.355 e. The number of fused-ring (bicyclic) bond motifs is 1. The molecule has 0 aromatic heterocycles. The molecule has 2 fully saturated rings. The zero-order valence-corrected chi connectivity index (χ0v) is 17.7. The quantitative estimate of drug-likeness (QED) is 0.579. The summed E-state index contributed by atoms with van der Waals surface area (Å²) in [7, 11) is 1.60. The van der Waals surface area contributed by atoms with Gasteiger partial charge < -0.3 is 19.9 Å². The van der Waals surface area contributed by atoms with E-state index in [1.807, 2.05) is 38.1 Å². The second-order valence-corrected chi connectivity index (χ2v) is 9.24. The molecule has 3 heterocycles. The molecule has 1 amide bonds. The molecule has 3 aliphatic heterocycles. The van der Waals surface area contributed by atoms with Crippen LogP contribution in [0.3, 0.4) is 0 Å². The molecule has 156 valence electrons. The van der Waals surface area contributed by atoms with Crippen LogP contribution >= 0.6 is 11.8 Å². The number of nitrogens with zero attached hydrogens (tertiary/aromatic N) is 1. The zero-order valence-electron chi connectivity index (χ0n) is 16.8. The summed E-state index contributed by atoms with van der Waals surface area (Å²) < 4.78 is 16.9. The average molecular weight is 419 g/mol. The van der Waals surface area contributed by atoms with Crippen LogP contribution < -0.4 is 10.5 Å². The average Bonchev–Trinajstić information content (AvgIpc) is 3.10. The fourth-order valence-electron chi connectivity index (χ4n) is 3.94. The second-order valence-electron chi connectivity index (χ2n) is 8.14. The minimum Gasteiger partial charge on any atom is -0.497 e. The van der Waals surface area contributed by atoms with Gasteiger partial charge in [-0.3, -0.25) is 9.69 Å². The minimum atomic E-state index is -0.577. The largest absolute Gasteiger partial charge is 0.497 e. The van der Waals surface area contributed by atoms with Crippen molar-refractivity contribution in [2.24, 2.45) is 5.73 Å². The molecule has 0 spiro atoms. The van der Waals surface area contributed by atoms with E-state index in [-0.39, 0.29) is 29.6 Å². The number of hydrogen-bond acceptors (Lipinski definition) is 7. The number of benzene rings is 1. The summed E-state index contributed by atoms with van der Waals surface area (Å²) in [5, 5.41) is -0.218. The third kappa shape index (κ3) is 3.76. The summed E-state index contributed by atoms with van der Waals surface area (Å²) in [6, 6.07) is 6.73. The van der Waals surface area contributed by atoms with E-state index in [9.17, 15) is 9.59 Å². The molecule has 2 saturated heterocycles. The van der Waals surface area contributed by atoms with Crippen LogP contribution in [0.25, 0.3) is 0 Å². The zero-order chi connectivity index (χ0) is 20.8. The fraction of sp³-hybridized carbons (Fsp3) is 0.524. The summed E-state index contributed by atoms with van der Waals surface area (Å²) in [5.74, 6) is 0.594.